The van der Waals surface area contributed by atoms with Gasteiger partial charge in [-0.2, -0.15) is 4.31 Å². The van der Waals surface area contributed by atoms with Crippen LogP contribution in [0.3, 0.4) is 0 Å². The molecule has 2 aromatic carbocycles. The molecular weight excluding hydrogens is 452 g/mol. The van der Waals surface area contributed by atoms with E-state index in [9.17, 15) is 13.2 Å². The monoisotopic (exact) mass is 484 g/mol. The van der Waals surface area contributed by atoms with Gasteiger partial charge in [0, 0.05) is 18.8 Å². The lowest BCUT2D eigenvalue weighted by molar-refractivity contribution is 0.0519. The molecule has 1 N–H and O–H groups in total. The third-order valence-corrected chi connectivity index (χ3v) is 7.82. The van der Waals surface area contributed by atoms with Crippen LogP contribution in [0.1, 0.15) is 50.9 Å². The van der Waals surface area contributed by atoms with Gasteiger partial charge in [0.25, 0.3) is 0 Å². The fourth-order valence-corrected chi connectivity index (χ4v) is 5.60. The summed E-state index contributed by atoms with van der Waals surface area (Å²) in [5, 5.41) is 0. The Morgan fingerprint density at radius 1 is 1.00 bits per heavy atom. The summed E-state index contributed by atoms with van der Waals surface area (Å²) in [7, 11) is -2.26. The Kier molecular flexibility index (Phi) is 7.84. The number of nitrogens with one attached hydrogen (secondary N) is 1. The molecule has 0 amide bonds. The number of hydrogen-bond acceptors (Lipinski definition) is 5. The number of methoxy groups -OCH3 is 1. The molecule has 0 radical (unpaired) electrons. The van der Waals surface area contributed by atoms with Crippen LogP contribution < -0.4 is 4.74 Å². The first kappa shape index (κ1) is 25.5. The zero-order chi connectivity index (χ0) is 25.0. The van der Waals surface area contributed by atoms with E-state index in [0.717, 1.165) is 22.4 Å². The highest BCUT2D eigenvalue weighted by molar-refractivity contribution is 7.89. The second kappa shape index (κ2) is 10.4. The summed E-state index contributed by atoms with van der Waals surface area (Å²) in [6, 6.07) is 12.7. The lowest BCUT2D eigenvalue weighted by Crippen LogP contribution is -2.31. The number of rotatable bonds is 9. The minimum atomic E-state index is -3.85. The van der Waals surface area contributed by atoms with Crippen LogP contribution in [-0.4, -0.2) is 37.4 Å². The van der Waals surface area contributed by atoms with Gasteiger partial charge in [0.1, 0.15) is 11.4 Å². The van der Waals surface area contributed by atoms with Gasteiger partial charge in [-0.05, 0) is 80.6 Å². The number of aromatic nitrogens is 1. The Morgan fingerprint density at radius 2 is 1.68 bits per heavy atom. The van der Waals surface area contributed by atoms with Crippen LogP contribution in [-0.2, 0) is 27.8 Å². The third kappa shape index (κ3) is 5.34. The molecule has 0 aliphatic carbocycles. The minimum Gasteiger partial charge on any atom is -0.497 e. The van der Waals surface area contributed by atoms with E-state index in [0.29, 0.717) is 22.6 Å². The van der Waals surface area contributed by atoms with E-state index in [1.54, 1.807) is 33.9 Å². The quantitative estimate of drug-likeness (QED) is 0.440. The highest BCUT2D eigenvalue weighted by atomic mass is 32.2. The van der Waals surface area contributed by atoms with Crippen LogP contribution in [0, 0.1) is 27.7 Å². The van der Waals surface area contributed by atoms with Crippen LogP contribution >= 0.6 is 0 Å². The summed E-state index contributed by atoms with van der Waals surface area (Å²) in [6.45, 7) is 9.59. The normalized spacial score (nSPS) is 11.6. The van der Waals surface area contributed by atoms with Crippen molar-refractivity contribution in [2.75, 3.05) is 13.7 Å². The molecule has 3 aromatic rings. The standard InChI is InChI=1S/C26H32N2O5S/c1-7-33-26(29)25-19(4)23(20(5)27-25)16-28(15-21-10-12-22(32-6)13-11-21)34(30,31)24-14-17(2)8-9-18(24)3/h8-14,27H,7,15-16H2,1-6H3. The molecule has 182 valence electrons. The van der Waals surface area contributed by atoms with E-state index in [4.69, 9.17) is 9.47 Å². The average Bonchev–Trinajstić information content (AvgIpc) is 3.09. The largest absolute Gasteiger partial charge is 0.497 e. The van der Waals surface area contributed by atoms with Gasteiger partial charge in [-0.15, -0.1) is 0 Å². The van der Waals surface area contributed by atoms with E-state index < -0.39 is 16.0 Å². The molecule has 0 bridgehead atoms. The zero-order valence-electron chi connectivity index (χ0n) is 20.6. The number of carbonyl (C=O) groups is 1. The number of sulfonamides is 1. The lowest BCUT2D eigenvalue weighted by atomic mass is 10.1. The third-order valence-electron chi connectivity index (χ3n) is 5.89. The molecule has 0 aliphatic heterocycles. The maximum absolute atomic E-state index is 13.9. The highest BCUT2D eigenvalue weighted by Crippen LogP contribution is 2.28. The fraction of sp³-hybridized carbons (Fsp3) is 0.346. The molecule has 0 fully saturated rings. The Balaban J connectivity index is 2.07. The number of carbonyl (C=O) groups excluding carboxylic acids is 1. The number of benzene rings is 2. The molecule has 0 aliphatic rings. The summed E-state index contributed by atoms with van der Waals surface area (Å²) < 4.78 is 39.6. The van der Waals surface area contributed by atoms with Crippen LogP contribution in [0.25, 0.3) is 0 Å². The van der Waals surface area contributed by atoms with E-state index >= 15 is 0 Å². The number of aromatic amines is 1. The van der Waals surface area contributed by atoms with Crippen molar-refractivity contribution in [3.8, 4) is 5.75 Å². The molecule has 7 nitrogen and oxygen atoms in total. The van der Waals surface area contributed by atoms with Crippen molar-refractivity contribution >= 4 is 16.0 Å². The molecule has 34 heavy (non-hydrogen) atoms. The van der Waals surface area contributed by atoms with Crippen LogP contribution in [0.4, 0.5) is 0 Å². The van der Waals surface area contributed by atoms with Crippen molar-refractivity contribution in [3.05, 3.63) is 81.7 Å². The maximum atomic E-state index is 13.9. The summed E-state index contributed by atoms with van der Waals surface area (Å²) >= 11 is 0. The predicted octanol–water partition coefficient (Wildman–Crippen LogP) is 4.82. The minimum absolute atomic E-state index is 0.106. The summed E-state index contributed by atoms with van der Waals surface area (Å²) in [4.78, 5) is 15.7. The topological polar surface area (TPSA) is 88.7 Å². The number of hydrogen-bond donors (Lipinski definition) is 1. The Hall–Kier alpha value is -3.10. The molecule has 0 unspecified atom stereocenters. The zero-order valence-corrected chi connectivity index (χ0v) is 21.4. The summed E-state index contributed by atoms with van der Waals surface area (Å²) in [6.07, 6.45) is 0. The van der Waals surface area contributed by atoms with Crippen molar-refractivity contribution in [3.63, 3.8) is 0 Å². The van der Waals surface area contributed by atoms with E-state index in [1.165, 1.54) is 4.31 Å². The van der Waals surface area contributed by atoms with E-state index in [1.807, 2.05) is 50.2 Å². The number of nitrogens with zero attached hydrogens (tertiary/aromatic N) is 1. The van der Waals surface area contributed by atoms with Gasteiger partial charge in [-0.25, -0.2) is 13.2 Å². The van der Waals surface area contributed by atoms with Crippen molar-refractivity contribution in [1.82, 2.24) is 9.29 Å². The van der Waals surface area contributed by atoms with Crippen molar-refractivity contribution in [2.24, 2.45) is 0 Å². The van der Waals surface area contributed by atoms with Crippen LogP contribution in [0.5, 0.6) is 5.75 Å². The molecule has 3 rings (SSSR count). The van der Waals surface area contributed by atoms with Crippen LogP contribution in [0.15, 0.2) is 47.4 Å². The van der Waals surface area contributed by atoms with Gasteiger partial charge in [0.05, 0.1) is 18.6 Å². The van der Waals surface area contributed by atoms with Gasteiger partial charge < -0.3 is 14.5 Å². The van der Waals surface area contributed by atoms with Gasteiger partial charge in [-0.1, -0.05) is 24.3 Å². The predicted molar refractivity (Wildman–Crippen MR) is 132 cm³/mol. The average molecular weight is 485 g/mol. The van der Waals surface area contributed by atoms with Crippen LogP contribution in [0.2, 0.25) is 0 Å². The summed E-state index contributed by atoms with van der Waals surface area (Å²) in [5.41, 5.74) is 4.90. The second-order valence-corrected chi connectivity index (χ2v) is 10.2. The number of H-pyrrole nitrogens is 1. The number of ether oxygens (including phenoxy) is 2. The van der Waals surface area contributed by atoms with Crippen molar-refractivity contribution in [1.29, 1.82) is 0 Å². The lowest BCUT2D eigenvalue weighted by Gasteiger charge is -2.24. The molecule has 1 aromatic heterocycles. The molecule has 8 heteroatoms. The number of esters is 1. The van der Waals surface area contributed by atoms with Gasteiger partial charge >= 0.3 is 5.97 Å². The maximum Gasteiger partial charge on any atom is 0.355 e. The first-order valence-corrected chi connectivity index (χ1v) is 12.6. The molecule has 1 heterocycles. The highest BCUT2D eigenvalue weighted by Gasteiger charge is 2.29. The van der Waals surface area contributed by atoms with E-state index in [-0.39, 0.29) is 24.6 Å². The first-order chi connectivity index (χ1) is 16.1. The fourth-order valence-electron chi connectivity index (χ4n) is 3.89. The molecule has 0 atom stereocenters. The summed E-state index contributed by atoms with van der Waals surface area (Å²) in [5.74, 6) is 0.248. The van der Waals surface area contributed by atoms with E-state index in [2.05, 4.69) is 4.98 Å². The SMILES string of the molecule is CCOC(=O)c1[nH]c(C)c(CN(Cc2ccc(OC)cc2)S(=O)(=O)c2cc(C)ccc2C)c1C. The molecule has 0 saturated carbocycles. The first-order valence-electron chi connectivity index (χ1n) is 11.1. The van der Waals surface area contributed by atoms with Crippen molar-refractivity contribution in [2.45, 2.75) is 52.6 Å². The number of aryl methyl sites for hydroxylation is 3. The molecular formula is C26H32N2O5S. The second-order valence-electron chi connectivity index (χ2n) is 8.34. The van der Waals surface area contributed by atoms with Gasteiger partial charge in [0.15, 0.2) is 0 Å². The molecule has 0 saturated heterocycles. The Morgan fingerprint density at radius 3 is 2.29 bits per heavy atom. The Labute approximate surface area is 201 Å². The van der Waals surface area contributed by atoms with Gasteiger partial charge in [-0.3, -0.25) is 0 Å². The molecule has 0 spiro atoms. The van der Waals surface area contributed by atoms with Gasteiger partial charge in [0.2, 0.25) is 10.0 Å². The van der Waals surface area contributed by atoms with Crippen molar-refractivity contribution < 1.29 is 22.7 Å². The Bertz CT molecular complexity index is 1280. The smallest absolute Gasteiger partial charge is 0.355 e.